The quantitative estimate of drug-likeness (QED) is 0.893. The first-order chi connectivity index (χ1) is 9.69. The number of rotatable bonds is 4. The Balaban J connectivity index is 1.69. The summed E-state index contributed by atoms with van der Waals surface area (Å²) in [5.74, 6) is 0.527. The van der Waals surface area contributed by atoms with E-state index in [0.717, 1.165) is 37.2 Å². The predicted octanol–water partition coefficient (Wildman–Crippen LogP) is 2.07. The summed E-state index contributed by atoms with van der Waals surface area (Å²) >= 11 is 1.66. The van der Waals surface area contributed by atoms with Crippen molar-refractivity contribution in [3.63, 3.8) is 0 Å². The number of hydrogen-bond acceptors (Lipinski definition) is 4. The van der Waals surface area contributed by atoms with Crippen molar-refractivity contribution >= 4 is 17.4 Å². The van der Waals surface area contributed by atoms with Crippen molar-refractivity contribution in [2.45, 2.75) is 44.7 Å². The second-order valence-corrected chi connectivity index (χ2v) is 7.01. The number of aliphatic hydroxyl groups is 1. The molecule has 2 amide bonds. The molecule has 0 radical (unpaired) electrons. The molecular formula is C14H21N3O2S. The number of aliphatic hydroxyl groups excluding tert-OH is 1. The zero-order valence-corrected chi connectivity index (χ0v) is 12.5. The van der Waals surface area contributed by atoms with Gasteiger partial charge in [0.1, 0.15) is 5.01 Å². The zero-order chi connectivity index (χ0) is 14.1. The molecule has 6 heteroatoms. The summed E-state index contributed by atoms with van der Waals surface area (Å²) in [7, 11) is 0. The lowest BCUT2D eigenvalue weighted by Crippen LogP contribution is -2.45. The number of carbonyl (C=O) groups is 1. The van der Waals surface area contributed by atoms with Gasteiger partial charge in [0.25, 0.3) is 0 Å². The van der Waals surface area contributed by atoms with E-state index in [1.54, 1.807) is 16.2 Å². The van der Waals surface area contributed by atoms with Crippen molar-refractivity contribution in [1.29, 1.82) is 0 Å². The molecule has 2 fully saturated rings. The lowest BCUT2D eigenvalue weighted by atomic mass is 10.2. The Labute approximate surface area is 123 Å². The van der Waals surface area contributed by atoms with Gasteiger partial charge in [-0.05, 0) is 38.5 Å². The Morgan fingerprint density at radius 3 is 3.00 bits per heavy atom. The number of carbonyl (C=O) groups excluding carboxylic acids is 1. The van der Waals surface area contributed by atoms with Crippen molar-refractivity contribution in [2.75, 3.05) is 13.2 Å². The summed E-state index contributed by atoms with van der Waals surface area (Å²) in [5.41, 5.74) is 0. The predicted molar refractivity (Wildman–Crippen MR) is 77.7 cm³/mol. The maximum absolute atomic E-state index is 12.4. The number of aromatic nitrogens is 1. The minimum absolute atomic E-state index is 0.0205. The van der Waals surface area contributed by atoms with Crippen LogP contribution in [-0.4, -0.2) is 40.2 Å². The van der Waals surface area contributed by atoms with E-state index in [2.05, 4.69) is 10.3 Å². The smallest absolute Gasteiger partial charge is 0.318 e. The molecule has 1 saturated carbocycles. The van der Waals surface area contributed by atoms with Crippen LogP contribution in [0.1, 0.15) is 41.6 Å². The Bertz CT molecular complexity index is 487. The number of urea groups is 1. The molecule has 1 aliphatic heterocycles. The highest BCUT2D eigenvalue weighted by Gasteiger charge is 2.37. The Morgan fingerprint density at radius 1 is 1.60 bits per heavy atom. The Hall–Kier alpha value is -1.14. The van der Waals surface area contributed by atoms with Gasteiger partial charge in [0.15, 0.2) is 0 Å². The van der Waals surface area contributed by atoms with Crippen LogP contribution in [0.15, 0.2) is 6.20 Å². The summed E-state index contributed by atoms with van der Waals surface area (Å²) in [6.07, 6.45) is 6.06. The van der Waals surface area contributed by atoms with Gasteiger partial charge in [-0.15, -0.1) is 11.3 Å². The van der Waals surface area contributed by atoms with Crippen LogP contribution in [0.4, 0.5) is 4.79 Å². The molecule has 1 aromatic rings. The molecule has 110 valence electrons. The molecule has 3 rings (SSSR count). The van der Waals surface area contributed by atoms with E-state index in [-0.39, 0.29) is 24.7 Å². The van der Waals surface area contributed by atoms with Crippen molar-refractivity contribution in [2.24, 2.45) is 5.92 Å². The molecule has 2 atom stereocenters. The first-order valence-corrected chi connectivity index (χ1v) is 8.11. The third kappa shape index (κ3) is 2.81. The third-order valence-electron chi connectivity index (χ3n) is 4.13. The first kappa shape index (κ1) is 13.8. The van der Waals surface area contributed by atoms with Crippen LogP contribution in [0, 0.1) is 12.8 Å². The summed E-state index contributed by atoms with van der Waals surface area (Å²) < 4.78 is 0. The van der Waals surface area contributed by atoms with Gasteiger partial charge in [-0.3, -0.25) is 0 Å². The first-order valence-electron chi connectivity index (χ1n) is 7.29. The summed E-state index contributed by atoms with van der Waals surface area (Å²) in [6, 6.07) is -0.0275. The highest BCUT2D eigenvalue weighted by Crippen LogP contribution is 2.42. The molecule has 5 nitrogen and oxygen atoms in total. The Morgan fingerprint density at radius 2 is 2.40 bits per heavy atom. The van der Waals surface area contributed by atoms with Gasteiger partial charge in [0, 0.05) is 17.6 Å². The molecule has 2 aliphatic rings. The fourth-order valence-electron chi connectivity index (χ4n) is 2.84. The molecule has 1 unspecified atom stereocenters. The average molecular weight is 295 g/mol. The number of thiazole rings is 1. The monoisotopic (exact) mass is 295 g/mol. The second-order valence-electron chi connectivity index (χ2n) is 5.75. The van der Waals surface area contributed by atoms with E-state index in [0.29, 0.717) is 5.92 Å². The molecule has 1 aliphatic carbocycles. The van der Waals surface area contributed by atoms with Crippen LogP contribution in [0.5, 0.6) is 0 Å². The summed E-state index contributed by atoms with van der Waals surface area (Å²) in [4.78, 5) is 19.8. The molecule has 1 aromatic heterocycles. The third-order valence-corrected chi connectivity index (χ3v) is 5.12. The number of hydrogen-bond donors (Lipinski definition) is 2. The Kier molecular flexibility index (Phi) is 3.94. The highest BCUT2D eigenvalue weighted by atomic mass is 32.1. The van der Waals surface area contributed by atoms with Gasteiger partial charge >= 0.3 is 6.03 Å². The van der Waals surface area contributed by atoms with Crippen LogP contribution in [0.3, 0.4) is 0 Å². The van der Waals surface area contributed by atoms with Crippen molar-refractivity contribution < 1.29 is 9.90 Å². The highest BCUT2D eigenvalue weighted by molar-refractivity contribution is 7.11. The molecule has 2 heterocycles. The van der Waals surface area contributed by atoms with Crippen LogP contribution >= 0.6 is 11.3 Å². The normalized spacial score (nSPS) is 23.9. The van der Waals surface area contributed by atoms with Crippen molar-refractivity contribution in [1.82, 2.24) is 15.2 Å². The lowest BCUT2D eigenvalue weighted by Gasteiger charge is -2.26. The largest absolute Gasteiger partial charge is 0.394 e. The molecule has 1 saturated heterocycles. The number of nitrogens with one attached hydrogen (secondary N) is 1. The molecular weight excluding hydrogens is 274 g/mol. The van der Waals surface area contributed by atoms with Gasteiger partial charge in [-0.2, -0.15) is 0 Å². The number of nitrogens with zero attached hydrogens (tertiary/aromatic N) is 2. The van der Waals surface area contributed by atoms with Crippen LogP contribution in [0.2, 0.25) is 0 Å². The van der Waals surface area contributed by atoms with E-state index in [1.165, 1.54) is 4.88 Å². The van der Waals surface area contributed by atoms with Crippen molar-refractivity contribution in [3.8, 4) is 0 Å². The van der Waals surface area contributed by atoms with E-state index in [1.807, 2.05) is 13.1 Å². The fraction of sp³-hybridized carbons (Fsp3) is 0.714. The van der Waals surface area contributed by atoms with E-state index in [9.17, 15) is 9.90 Å². The van der Waals surface area contributed by atoms with E-state index < -0.39 is 0 Å². The molecule has 0 spiro atoms. The number of likely N-dealkylation sites (tertiary alicyclic amines) is 1. The second kappa shape index (κ2) is 5.69. The maximum atomic E-state index is 12.4. The summed E-state index contributed by atoms with van der Waals surface area (Å²) in [5, 5.41) is 13.5. The van der Waals surface area contributed by atoms with Gasteiger partial charge in [-0.1, -0.05) is 0 Å². The zero-order valence-electron chi connectivity index (χ0n) is 11.7. The molecule has 2 N–H and O–H groups in total. The van der Waals surface area contributed by atoms with Gasteiger partial charge < -0.3 is 15.3 Å². The van der Waals surface area contributed by atoms with E-state index >= 15 is 0 Å². The standard InChI is InChI=1S/C14H21N3O2S/c1-9-7-15-13(20-9)12(10-4-5-10)16-14(19)17-6-2-3-11(17)8-18/h7,10-12,18H,2-6,8H2,1H3,(H,16,19)/t11-,12?/m0/s1. The fourth-order valence-corrected chi connectivity index (χ4v) is 3.75. The van der Waals surface area contributed by atoms with Gasteiger partial charge in [0.05, 0.1) is 18.7 Å². The molecule has 0 bridgehead atoms. The van der Waals surface area contributed by atoms with Crippen LogP contribution < -0.4 is 5.32 Å². The topological polar surface area (TPSA) is 65.5 Å². The average Bonchev–Trinajstić information content (AvgIpc) is 2.99. The molecule has 0 aromatic carbocycles. The van der Waals surface area contributed by atoms with Crippen LogP contribution in [-0.2, 0) is 0 Å². The SMILES string of the molecule is Cc1cnc(C(NC(=O)N2CCC[C@H]2CO)C2CC2)s1. The van der Waals surface area contributed by atoms with Crippen LogP contribution in [0.25, 0.3) is 0 Å². The van der Waals surface area contributed by atoms with Gasteiger partial charge in [0.2, 0.25) is 0 Å². The number of aryl methyl sites for hydroxylation is 1. The van der Waals surface area contributed by atoms with Crippen molar-refractivity contribution in [3.05, 3.63) is 16.1 Å². The lowest BCUT2D eigenvalue weighted by molar-refractivity contribution is 0.153. The minimum atomic E-state index is -0.0497. The summed E-state index contributed by atoms with van der Waals surface area (Å²) in [6.45, 7) is 2.83. The number of amides is 2. The molecule has 20 heavy (non-hydrogen) atoms. The van der Waals surface area contributed by atoms with E-state index in [4.69, 9.17) is 0 Å². The maximum Gasteiger partial charge on any atom is 0.318 e. The minimum Gasteiger partial charge on any atom is -0.394 e. The van der Waals surface area contributed by atoms with Gasteiger partial charge in [-0.25, -0.2) is 9.78 Å².